The third-order valence-corrected chi connectivity index (χ3v) is 3.41. The molecule has 1 aromatic rings. The zero-order chi connectivity index (χ0) is 13.0. The third-order valence-electron chi connectivity index (χ3n) is 3.41. The lowest BCUT2D eigenvalue weighted by Gasteiger charge is -2.21. The van der Waals surface area contributed by atoms with Gasteiger partial charge in [0.1, 0.15) is 17.6 Å². The van der Waals surface area contributed by atoms with Gasteiger partial charge >= 0.3 is 0 Å². The quantitative estimate of drug-likeness (QED) is 0.831. The molecule has 3 nitrogen and oxygen atoms in total. The van der Waals surface area contributed by atoms with E-state index in [1.807, 2.05) is 18.2 Å². The molecule has 0 spiro atoms. The van der Waals surface area contributed by atoms with E-state index in [9.17, 15) is 5.11 Å². The van der Waals surface area contributed by atoms with Crippen LogP contribution in [-0.2, 0) is 0 Å². The summed E-state index contributed by atoms with van der Waals surface area (Å²) in [6.07, 6.45) is 5.99. The van der Waals surface area contributed by atoms with Gasteiger partial charge in [0.25, 0.3) is 0 Å². The molecule has 0 saturated heterocycles. The van der Waals surface area contributed by atoms with Gasteiger partial charge in [0.15, 0.2) is 0 Å². The lowest BCUT2D eigenvalue weighted by molar-refractivity contribution is 0.203. The summed E-state index contributed by atoms with van der Waals surface area (Å²) in [5.41, 5.74) is 1.91. The molecule has 0 heterocycles. The molecule has 1 aromatic carbocycles. The maximum atomic E-state index is 10.4. The van der Waals surface area contributed by atoms with Gasteiger partial charge in [-0.2, -0.15) is 0 Å². The maximum Gasteiger partial charge on any atom is 0.128 e. The van der Waals surface area contributed by atoms with Crippen molar-refractivity contribution in [2.24, 2.45) is 0 Å². The van der Waals surface area contributed by atoms with E-state index >= 15 is 0 Å². The average molecular weight is 248 g/mol. The lowest BCUT2D eigenvalue weighted by Crippen LogP contribution is -2.06. The van der Waals surface area contributed by atoms with Gasteiger partial charge in [-0.3, -0.25) is 0 Å². The van der Waals surface area contributed by atoms with Crippen LogP contribution in [0.4, 0.5) is 0 Å². The summed E-state index contributed by atoms with van der Waals surface area (Å²) < 4.78 is 10.5. The Kier molecular flexibility index (Phi) is 4.26. The molecule has 0 amide bonds. The van der Waals surface area contributed by atoms with Crippen LogP contribution in [0.2, 0.25) is 0 Å². The minimum atomic E-state index is -0.564. The number of hydrogen-bond acceptors (Lipinski definition) is 3. The van der Waals surface area contributed by atoms with E-state index in [0.717, 1.165) is 36.1 Å². The van der Waals surface area contributed by atoms with E-state index in [4.69, 9.17) is 9.47 Å². The standard InChI is InChI=1S/C15H20O3/c1-17-12-8-9-13(14(10-12)18-2)15(16)11-6-4-3-5-7-11/h6,8-10,15-16H,3-5,7H2,1-2H3. The van der Waals surface area contributed by atoms with Crippen molar-refractivity contribution in [1.29, 1.82) is 0 Å². The van der Waals surface area contributed by atoms with Crippen molar-refractivity contribution in [3.05, 3.63) is 35.4 Å². The van der Waals surface area contributed by atoms with Crippen molar-refractivity contribution in [3.8, 4) is 11.5 Å². The molecule has 0 aliphatic heterocycles. The Morgan fingerprint density at radius 1 is 1.17 bits per heavy atom. The van der Waals surface area contributed by atoms with E-state index in [2.05, 4.69) is 6.08 Å². The van der Waals surface area contributed by atoms with Crippen molar-refractivity contribution in [3.63, 3.8) is 0 Å². The van der Waals surface area contributed by atoms with Crippen molar-refractivity contribution >= 4 is 0 Å². The highest BCUT2D eigenvalue weighted by atomic mass is 16.5. The SMILES string of the molecule is COc1ccc(C(O)C2=CCCCC2)c(OC)c1. The highest BCUT2D eigenvalue weighted by molar-refractivity contribution is 5.44. The molecule has 1 N–H and O–H groups in total. The predicted molar refractivity (Wildman–Crippen MR) is 71.1 cm³/mol. The van der Waals surface area contributed by atoms with E-state index in [-0.39, 0.29) is 0 Å². The van der Waals surface area contributed by atoms with Crippen LogP contribution in [0.3, 0.4) is 0 Å². The van der Waals surface area contributed by atoms with E-state index in [1.54, 1.807) is 14.2 Å². The number of methoxy groups -OCH3 is 2. The fourth-order valence-corrected chi connectivity index (χ4v) is 2.36. The number of benzene rings is 1. The number of hydrogen-bond donors (Lipinski definition) is 1. The van der Waals surface area contributed by atoms with Crippen LogP contribution in [0, 0.1) is 0 Å². The van der Waals surface area contributed by atoms with Crippen LogP contribution in [0.1, 0.15) is 37.4 Å². The van der Waals surface area contributed by atoms with Crippen LogP contribution in [0.25, 0.3) is 0 Å². The summed E-state index contributed by atoms with van der Waals surface area (Å²) in [5.74, 6) is 1.41. The number of allylic oxidation sites excluding steroid dienone is 1. The molecule has 2 rings (SSSR count). The molecule has 3 heteroatoms. The van der Waals surface area contributed by atoms with Crippen LogP contribution >= 0.6 is 0 Å². The summed E-state index contributed by atoms with van der Waals surface area (Å²) in [6, 6.07) is 5.53. The molecule has 0 saturated carbocycles. The fourth-order valence-electron chi connectivity index (χ4n) is 2.36. The first-order chi connectivity index (χ1) is 8.76. The second-order valence-corrected chi connectivity index (χ2v) is 4.54. The molecule has 0 aromatic heterocycles. The normalized spacial score (nSPS) is 16.9. The first-order valence-electron chi connectivity index (χ1n) is 6.35. The summed E-state index contributed by atoms with van der Waals surface area (Å²) in [7, 11) is 3.23. The Morgan fingerprint density at radius 3 is 2.61 bits per heavy atom. The van der Waals surface area contributed by atoms with Crippen LogP contribution in [-0.4, -0.2) is 19.3 Å². The van der Waals surface area contributed by atoms with Crippen LogP contribution in [0.15, 0.2) is 29.8 Å². The van der Waals surface area contributed by atoms with Gasteiger partial charge in [0, 0.05) is 11.6 Å². The number of aliphatic hydroxyl groups is 1. The second kappa shape index (κ2) is 5.91. The molecule has 1 unspecified atom stereocenters. The predicted octanol–water partition coefficient (Wildman–Crippen LogP) is 3.24. The van der Waals surface area contributed by atoms with Gasteiger partial charge in [-0.25, -0.2) is 0 Å². The molecule has 18 heavy (non-hydrogen) atoms. The molecule has 98 valence electrons. The molecule has 1 aliphatic rings. The van der Waals surface area contributed by atoms with Crippen molar-refractivity contribution < 1.29 is 14.6 Å². The van der Waals surface area contributed by atoms with Gasteiger partial charge in [-0.15, -0.1) is 0 Å². The van der Waals surface area contributed by atoms with Crippen molar-refractivity contribution in [1.82, 2.24) is 0 Å². The molecule has 0 bridgehead atoms. The average Bonchev–Trinajstić information content (AvgIpc) is 2.46. The number of rotatable bonds is 4. The van der Waals surface area contributed by atoms with Gasteiger partial charge in [-0.05, 0) is 43.4 Å². The lowest BCUT2D eigenvalue weighted by atomic mass is 9.91. The number of aliphatic hydroxyl groups excluding tert-OH is 1. The maximum absolute atomic E-state index is 10.4. The highest BCUT2D eigenvalue weighted by Crippen LogP contribution is 2.36. The van der Waals surface area contributed by atoms with Gasteiger partial charge in [0.2, 0.25) is 0 Å². The van der Waals surface area contributed by atoms with Crippen molar-refractivity contribution in [2.45, 2.75) is 31.8 Å². The van der Waals surface area contributed by atoms with Gasteiger partial charge < -0.3 is 14.6 Å². The molecule has 1 aliphatic carbocycles. The zero-order valence-electron chi connectivity index (χ0n) is 11.0. The number of ether oxygens (including phenoxy) is 2. The summed E-state index contributed by atoms with van der Waals surface area (Å²) in [5, 5.41) is 10.4. The largest absolute Gasteiger partial charge is 0.497 e. The highest BCUT2D eigenvalue weighted by Gasteiger charge is 2.19. The summed E-state index contributed by atoms with van der Waals surface area (Å²) >= 11 is 0. The Labute approximate surface area is 108 Å². The molecule has 0 fully saturated rings. The van der Waals surface area contributed by atoms with E-state index in [0.29, 0.717) is 5.75 Å². The van der Waals surface area contributed by atoms with Crippen LogP contribution < -0.4 is 9.47 Å². The fraction of sp³-hybridized carbons (Fsp3) is 0.467. The topological polar surface area (TPSA) is 38.7 Å². The Morgan fingerprint density at radius 2 is 2.00 bits per heavy atom. The summed E-state index contributed by atoms with van der Waals surface area (Å²) in [4.78, 5) is 0. The minimum absolute atomic E-state index is 0.564. The molecule has 0 radical (unpaired) electrons. The third kappa shape index (κ3) is 2.67. The second-order valence-electron chi connectivity index (χ2n) is 4.54. The Balaban J connectivity index is 2.28. The first-order valence-corrected chi connectivity index (χ1v) is 6.35. The van der Waals surface area contributed by atoms with E-state index < -0.39 is 6.10 Å². The van der Waals surface area contributed by atoms with Crippen LogP contribution in [0.5, 0.6) is 11.5 Å². The Hall–Kier alpha value is -1.48. The van der Waals surface area contributed by atoms with E-state index in [1.165, 1.54) is 6.42 Å². The van der Waals surface area contributed by atoms with Crippen molar-refractivity contribution in [2.75, 3.05) is 14.2 Å². The minimum Gasteiger partial charge on any atom is -0.497 e. The van der Waals surface area contributed by atoms with Gasteiger partial charge in [-0.1, -0.05) is 6.08 Å². The first kappa shape index (κ1) is 13.0. The Bertz CT molecular complexity index is 437. The zero-order valence-corrected chi connectivity index (χ0v) is 11.0. The molecular formula is C15H20O3. The smallest absolute Gasteiger partial charge is 0.128 e. The van der Waals surface area contributed by atoms with Gasteiger partial charge in [0.05, 0.1) is 14.2 Å². The molecule has 1 atom stereocenters. The monoisotopic (exact) mass is 248 g/mol. The summed E-state index contributed by atoms with van der Waals surface area (Å²) in [6.45, 7) is 0. The molecular weight excluding hydrogens is 228 g/mol.